The number of ether oxygens (including phenoxy) is 1. The number of hydrogen-bond donors (Lipinski definition) is 1. The molecule has 0 amide bonds. The summed E-state index contributed by atoms with van der Waals surface area (Å²) in [6.45, 7) is 7.80. The molecule has 1 unspecified atom stereocenters. The highest BCUT2D eigenvalue weighted by Crippen LogP contribution is 2.33. The second-order valence-corrected chi connectivity index (χ2v) is 5.67. The highest BCUT2D eigenvalue weighted by Gasteiger charge is 2.24. The summed E-state index contributed by atoms with van der Waals surface area (Å²) in [5.41, 5.74) is 4.29. The predicted octanol–water partition coefficient (Wildman–Crippen LogP) is 2.84. The van der Waals surface area contributed by atoms with Crippen molar-refractivity contribution in [3.8, 4) is 0 Å². The Labute approximate surface area is 122 Å². The van der Waals surface area contributed by atoms with Crippen LogP contribution in [-0.4, -0.2) is 42.9 Å². The Morgan fingerprint density at radius 2 is 2.10 bits per heavy atom. The van der Waals surface area contributed by atoms with Gasteiger partial charge < -0.3 is 9.84 Å². The summed E-state index contributed by atoms with van der Waals surface area (Å²) >= 11 is 0. The van der Waals surface area contributed by atoms with E-state index in [-0.39, 0.29) is 6.61 Å². The molecule has 0 saturated carbocycles. The van der Waals surface area contributed by atoms with Crippen molar-refractivity contribution < 1.29 is 9.84 Å². The lowest BCUT2D eigenvalue weighted by Gasteiger charge is -2.37. The average molecular weight is 277 g/mol. The fourth-order valence-corrected chi connectivity index (χ4v) is 3.09. The number of aryl methyl sites for hydroxylation is 1. The number of hydrogen-bond acceptors (Lipinski definition) is 3. The maximum atomic E-state index is 8.76. The lowest BCUT2D eigenvalue weighted by Crippen LogP contribution is -2.36. The molecule has 1 N–H and O–H groups in total. The number of nitrogens with zero attached hydrogens (tertiary/aromatic N) is 1. The van der Waals surface area contributed by atoms with Crippen molar-refractivity contribution in [3.05, 3.63) is 34.9 Å². The van der Waals surface area contributed by atoms with Crippen molar-refractivity contribution >= 4 is 0 Å². The first-order chi connectivity index (χ1) is 9.74. The molecule has 3 heteroatoms. The van der Waals surface area contributed by atoms with Crippen molar-refractivity contribution in [3.63, 3.8) is 0 Å². The molecule has 0 bridgehead atoms. The molecule has 1 heterocycles. The van der Waals surface area contributed by atoms with Crippen LogP contribution in [0.2, 0.25) is 0 Å². The monoisotopic (exact) mass is 277 g/mol. The van der Waals surface area contributed by atoms with Crippen LogP contribution in [0.3, 0.4) is 0 Å². The molecule has 1 aromatic rings. The summed E-state index contributed by atoms with van der Waals surface area (Å²) < 4.78 is 5.43. The van der Waals surface area contributed by atoms with Gasteiger partial charge in [0, 0.05) is 12.6 Å². The van der Waals surface area contributed by atoms with Crippen molar-refractivity contribution in [2.75, 3.05) is 32.9 Å². The Hall–Kier alpha value is -0.900. The molecule has 2 rings (SSSR count). The lowest BCUT2D eigenvalue weighted by atomic mass is 9.90. The quantitative estimate of drug-likeness (QED) is 0.812. The summed E-state index contributed by atoms with van der Waals surface area (Å²) in [6.07, 6.45) is 3.83. The molecular formula is C17H27NO2. The second kappa shape index (κ2) is 7.77. The third kappa shape index (κ3) is 3.81. The summed E-state index contributed by atoms with van der Waals surface area (Å²) in [6, 6.07) is 7.17. The van der Waals surface area contributed by atoms with Crippen LogP contribution in [0.5, 0.6) is 0 Å². The number of rotatable bonds is 6. The van der Waals surface area contributed by atoms with Crippen LogP contribution in [0.4, 0.5) is 0 Å². The third-order valence-electron chi connectivity index (χ3n) is 4.38. The van der Waals surface area contributed by atoms with E-state index in [0.29, 0.717) is 19.3 Å². The zero-order chi connectivity index (χ0) is 14.4. The molecule has 0 radical (unpaired) electrons. The average Bonchev–Trinajstić information content (AvgIpc) is 2.47. The molecular weight excluding hydrogens is 250 g/mol. The van der Waals surface area contributed by atoms with Crippen LogP contribution in [0.25, 0.3) is 0 Å². The largest absolute Gasteiger partial charge is 0.394 e. The van der Waals surface area contributed by atoms with Gasteiger partial charge >= 0.3 is 0 Å². The first-order valence-corrected chi connectivity index (χ1v) is 7.73. The molecule has 1 aliphatic rings. The van der Waals surface area contributed by atoms with Crippen LogP contribution in [0.1, 0.15) is 42.0 Å². The number of piperidine rings is 1. The number of benzene rings is 1. The molecule has 0 aromatic heterocycles. The summed E-state index contributed by atoms with van der Waals surface area (Å²) in [5, 5.41) is 8.76. The van der Waals surface area contributed by atoms with Gasteiger partial charge in [-0.1, -0.05) is 24.6 Å². The standard InChI is InChI=1S/C17H27NO2/c1-14-6-5-7-16(15(14)2)17-8-3-4-9-18(17)10-12-20-13-11-19/h5-7,17,19H,3-4,8-13H2,1-2H3. The molecule has 0 spiro atoms. The van der Waals surface area contributed by atoms with E-state index in [9.17, 15) is 0 Å². The van der Waals surface area contributed by atoms with E-state index >= 15 is 0 Å². The van der Waals surface area contributed by atoms with E-state index in [4.69, 9.17) is 9.84 Å². The molecule has 1 aromatic carbocycles. The van der Waals surface area contributed by atoms with E-state index < -0.39 is 0 Å². The molecule has 0 aliphatic carbocycles. The molecule has 3 nitrogen and oxygen atoms in total. The minimum absolute atomic E-state index is 0.112. The zero-order valence-electron chi connectivity index (χ0n) is 12.8. The third-order valence-corrected chi connectivity index (χ3v) is 4.38. The lowest BCUT2D eigenvalue weighted by molar-refractivity contribution is 0.0530. The predicted molar refractivity (Wildman–Crippen MR) is 82.0 cm³/mol. The van der Waals surface area contributed by atoms with Gasteiger partial charge in [0.15, 0.2) is 0 Å². The Bertz CT molecular complexity index is 419. The van der Waals surface area contributed by atoms with E-state index in [1.807, 2.05) is 0 Å². The van der Waals surface area contributed by atoms with Crippen LogP contribution < -0.4 is 0 Å². The molecule has 1 fully saturated rings. The fourth-order valence-electron chi connectivity index (χ4n) is 3.09. The normalized spacial score (nSPS) is 20.2. The number of aliphatic hydroxyl groups excluding tert-OH is 1. The van der Waals surface area contributed by atoms with Gasteiger partial charge in [-0.25, -0.2) is 0 Å². The summed E-state index contributed by atoms with van der Waals surface area (Å²) in [7, 11) is 0. The number of aliphatic hydroxyl groups is 1. The summed E-state index contributed by atoms with van der Waals surface area (Å²) in [5.74, 6) is 0. The maximum Gasteiger partial charge on any atom is 0.0698 e. The zero-order valence-corrected chi connectivity index (χ0v) is 12.8. The van der Waals surface area contributed by atoms with Gasteiger partial charge in [-0.15, -0.1) is 0 Å². The van der Waals surface area contributed by atoms with Gasteiger partial charge in [0.05, 0.1) is 19.8 Å². The topological polar surface area (TPSA) is 32.7 Å². The van der Waals surface area contributed by atoms with Crippen molar-refractivity contribution in [2.45, 2.75) is 39.2 Å². The van der Waals surface area contributed by atoms with E-state index in [1.54, 1.807) is 0 Å². The Kier molecular flexibility index (Phi) is 6.02. The Morgan fingerprint density at radius 1 is 1.25 bits per heavy atom. The SMILES string of the molecule is Cc1cccc(C2CCCCN2CCOCCO)c1C. The minimum Gasteiger partial charge on any atom is -0.394 e. The molecule has 112 valence electrons. The van der Waals surface area contributed by atoms with Crippen molar-refractivity contribution in [2.24, 2.45) is 0 Å². The highest BCUT2D eigenvalue weighted by molar-refractivity contribution is 5.35. The van der Waals surface area contributed by atoms with Crippen LogP contribution in [-0.2, 0) is 4.74 Å². The maximum absolute atomic E-state index is 8.76. The number of likely N-dealkylation sites (tertiary alicyclic amines) is 1. The van der Waals surface area contributed by atoms with Crippen molar-refractivity contribution in [1.29, 1.82) is 0 Å². The highest BCUT2D eigenvalue weighted by atomic mass is 16.5. The van der Waals surface area contributed by atoms with E-state index in [1.165, 1.54) is 36.0 Å². The first kappa shape index (κ1) is 15.5. The smallest absolute Gasteiger partial charge is 0.0698 e. The van der Waals surface area contributed by atoms with Gasteiger partial charge in [-0.2, -0.15) is 0 Å². The molecule has 1 atom stereocenters. The van der Waals surface area contributed by atoms with Crippen molar-refractivity contribution in [1.82, 2.24) is 4.90 Å². The molecule has 1 aliphatic heterocycles. The Morgan fingerprint density at radius 3 is 2.90 bits per heavy atom. The van der Waals surface area contributed by atoms with Crippen LogP contribution >= 0.6 is 0 Å². The van der Waals surface area contributed by atoms with Gasteiger partial charge in [-0.05, 0) is 49.9 Å². The van der Waals surface area contributed by atoms with Gasteiger partial charge in [0.2, 0.25) is 0 Å². The van der Waals surface area contributed by atoms with E-state index in [2.05, 4.69) is 36.9 Å². The van der Waals surface area contributed by atoms with Crippen LogP contribution in [0, 0.1) is 13.8 Å². The fraction of sp³-hybridized carbons (Fsp3) is 0.647. The van der Waals surface area contributed by atoms with Gasteiger partial charge in [0.25, 0.3) is 0 Å². The Balaban J connectivity index is 2.04. The second-order valence-electron chi connectivity index (χ2n) is 5.67. The van der Waals surface area contributed by atoms with Crippen LogP contribution in [0.15, 0.2) is 18.2 Å². The van der Waals surface area contributed by atoms with Gasteiger partial charge in [0.1, 0.15) is 0 Å². The first-order valence-electron chi connectivity index (χ1n) is 7.73. The molecule has 1 saturated heterocycles. The van der Waals surface area contributed by atoms with E-state index in [0.717, 1.165) is 13.1 Å². The summed E-state index contributed by atoms with van der Waals surface area (Å²) in [4.78, 5) is 2.54. The minimum atomic E-state index is 0.112. The van der Waals surface area contributed by atoms with Gasteiger partial charge in [-0.3, -0.25) is 4.90 Å². The molecule has 20 heavy (non-hydrogen) atoms.